The monoisotopic (exact) mass is 272 g/mol. The highest BCUT2D eigenvalue weighted by Gasteiger charge is 2.17. The Morgan fingerprint density at radius 3 is 2.50 bits per heavy atom. The molecule has 1 heterocycles. The minimum Gasteiger partial charge on any atom is -0.362 e. The fourth-order valence-electron chi connectivity index (χ4n) is 2.35. The second-order valence-corrected chi connectivity index (χ2v) is 5.21. The number of rotatable bonds is 6. The van der Waals surface area contributed by atoms with Crippen molar-refractivity contribution in [2.45, 2.75) is 26.8 Å². The smallest absolute Gasteiger partial charge is 0.136 e. The molecular weight excluding hydrogens is 248 g/mol. The molecule has 0 aliphatic heterocycles. The number of hydrogen-bond acceptors (Lipinski definition) is 3. The number of anilines is 1. The van der Waals surface area contributed by atoms with Gasteiger partial charge in [0.2, 0.25) is 0 Å². The van der Waals surface area contributed by atoms with Crippen molar-refractivity contribution in [3.8, 4) is 5.69 Å². The normalized spacial score (nSPS) is 10.8. The van der Waals surface area contributed by atoms with Crippen LogP contribution in [0.1, 0.15) is 24.6 Å². The summed E-state index contributed by atoms with van der Waals surface area (Å²) in [5, 5.41) is 8.19. The molecule has 0 unspecified atom stereocenters. The summed E-state index contributed by atoms with van der Waals surface area (Å²) in [6.07, 6.45) is 1.14. The molecule has 0 bridgehead atoms. The second kappa shape index (κ2) is 6.57. The summed E-state index contributed by atoms with van der Waals surface area (Å²) >= 11 is 0. The van der Waals surface area contributed by atoms with Crippen molar-refractivity contribution in [3.05, 3.63) is 41.6 Å². The third kappa shape index (κ3) is 3.02. The van der Waals surface area contributed by atoms with E-state index in [0.717, 1.165) is 36.7 Å². The van der Waals surface area contributed by atoms with Gasteiger partial charge in [0.15, 0.2) is 0 Å². The molecular formula is C16H24N4. The third-order valence-corrected chi connectivity index (χ3v) is 3.31. The van der Waals surface area contributed by atoms with Crippen LogP contribution in [0.3, 0.4) is 0 Å². The Morgan fingerprint density at radius 2 is 1.90 bits per heavy atom. The average Bonchev–Trinajstić information content (AvgIpc) is 2.78. The van der Waals surface area contributed by atoms with E-state index in [0.29, 0.717) is 0 Å². The maximum Gasteiger partial charge on any atom is 0.136 e. The number of nitrogens with one attached hydrogen (secondary N) is 1. The van der Waals surface area contributed by atoms with Crippen LogP contribution in [0, 0.1) is 6.92 Å². The SMILES string of the molecule is CCCNCc1c(C)nn(-c2ccccc2)c1N(C)C. The van der Waals surface area contributed by atoms with Gasteiger partial charge in [-0.3, -0.25) is 0 Å². The topological polar surface area (TPSA) is 33.1 Å². The fourth-order valence-corrected chi connectivity index (χ4v) is 2.35. The van der Waals surface area contributed by atoms with Gasteiger partial charge in [0.05, 0.1) is 11.4 Å². The average molecular weight is 272 g/mol. The van der Waals surface area contributed by atoms with E-state index in [-0.39, 0.29) is 0 Å². The molecule has 0 atom stereocenters. The Kier molecular flexibility index (Phi) is 4.79. The zero-order valence-electron chi connectivity index (χ0n) is 12.8. The maximum absolute atomic E-state index is 4.72. The van der Waals surface area contributed by atoms with E-state index in [4.69, 9.17) is 5.10 Å². The predicted molar refractivity (Wildman–Crippen MR) is 84.6 cm³/mol. The minimum atomic E-state index is 0.861. The van der Waals surface area contributed by atoms with E-state index in [1.54, 1.807) is 0 Å². The molecule has 0 aliphatic rings. The molecule has 1 aromatic carbocycles. The fraction of sp³-hybridized carbons (Fsp3) is 0.438. The quantitative estimate of drug-likeness (QED) is 0.821. The maximum atomic E-state index is 4.72. The van der Waals surface area contributed by atoms with E-state index in [9.17, 15) is 0 Å². The van der Waals surface area contributed by atoms with Crippen LogP contribution in [0.4, 0.5) is 5.82 Å². The molecule has 20 heavy (non-hydrogen) atoms. The molecule has 0 saturated heterocycles. The summed E-state index contributed by atoms with van der Waals surface area (Å²) in [4.78, 5) is 2.13. The van der Waals surface area contributed by atoms with Crippen LogP contribution in [0.2, 0.25) is 0 Å². The molecule has 0 fully saturated rings. The first-order valence-electron chi connectivity index (χ1n) is 7.17. The van der Waals surface area contributed by atoms with E-state index in [1.807, 2.05) is 22.9 Å². The van der Waals surface area contributed by atoms with Gasteiger partial charge in [0.1, 0.15) is 5.82 Å². The molecule has 2 aromatic rings. The van der Waals surface area contributed by atoms with Crippen molar-refractivity contribution in [3.63, 3.8) is 0 Å². The Labute approximate surface area is 121 Å². The summed E-state index contributed by atoms with van der Waals surface area (Å²) in [5.74, 6) is 1.15. The summed E-state index contributed by atoms with van der Waals surface area (Å²) in [6.45, 7) is 6.15. The summed E-state index contributed by atoms with van der Waals surface area (Å²) in [6, 6.07) is 10.3. The van der Waals surface area contributed by atoms with E-state index in [2.05, 4.69) is 50.3 Å². The van der Waals surface area contributed by atoms with Crippen molar-refractivity contribution in [2.24, 2.45) is 0 Å². The van der Waals surface area contributed by atoms with Crippen molar-refractivity contribution in [2.75, 3.05) is 25.5 Å². The van der Waals surface area contributed by atoms with Crippen LogP contribution in [0.5, 0.6) is 0 Å². The molecule has 0 amide bonds. The zero-order chi connectivity index (χ0) is 14.5. The highest BCUT2D eigenvalue weighted by molar-refractivity contribution is 5.54. The van der Waals surface area contributed by atoms with Gasteiger partial charge in [0.25, 0.3) is 0 Å². The van der Waals surface area contributed by atoms with Crippen molar-refractivity contribution in [1.29, 1.82) is 0 Å². The van der Waals surface area contributed by atoms with Crippen molar-refractivity contribution < 1.29 is 0 Å². The Hall–Kier alpha value is -1.81. The lowest BCUT2D eigenvalue weighted by Gasteiger charge is -2.17. The molecule has 0 spiro atoms. The van der Waals surface area contributed by atoms with Gasteiger partial charge in [-0.15, -0.1) is 0 Å². The van der Waals surface area contributed by atoms with Gasteiger partial charge in [0, 0.05) is 26.2 Å². The molecule has 1 N–H and O–H groups in total. The standard InChI is InChI=1S/C16H24N4/c1-5-11-17-12-15-13(2)18-20(16(15)19(3)4)14-9-7-6-8-10-14/h6-10,17H,5,11-12H2,1-4H3. The van der Waals surface area contributed by atoms with Crippen LogP contribution in [0.15, 0.2) is 30.3 Å². The molecule has 108 valence electrons. The number of benzene rings is 1. The molecule has 2 rings (SSSR count). The third-order valence-electron chi connectivity index (χ3n) is 3.31. The van der Waals surface area contributed by atoms with Crippen LogP contribution in [-0.2, 0) is 6.54 Å². The lowest BCUT2D eigenvalue weighted by molar-refractivity contribution is 0.672. The highest BCUT2D eigenvalue weighted by Crippen LogP contribution is 2.25. The van der Waals surface area contributed by atoms with Gasteiger partial charge < -0.3 is 10.2 Å². The van der Waals surface area contributed by atoms with Gasteiger partial charge in [-0.1, -0.05) is 25.1 Å². The van der Waals surface area contributed by atoms with E-state index in [1.165, 1.54) is 5.56 Å². The van der Waals surface area contributed by atoms with Crippen LogP contribution in [0.25, 0.3) is 5.69 Å². The second-order valence-electron chi connectivity index (χ2n) is 5.21. The highest BCUT2D eigenvalue weighted by atomic mass is 15.4. The first-order valence-corrected chi connectivity index (χ1v) is 7.17. The lowest BCUT2D eigenvalue weighted by Crippen LogP contribution is -2.19. The predicted octanol–water partition coefficient (Wildman–Crippen LogP) is 2.75. The molecule has 0 radical (unpaired) electrons. The van der Waals surface area contributed by atoms with E-state index >= 15 is 0 Å². The Morgan fingerprint density at radius 1 is 1.20 bits per heavy atom. The molecule has 4 heteroatoms. The van der Waals surface area contributed by atoms with Gasteiger partial charge in [-0.05, 0) is 32.0 Å². The largest absolute Gasteiger partial charge is 0.362 e. The van der Waals surface area contributed by atoms with Crippen LogP contribution < -0.4 is 10.2 Å². The summed E-state index contributed by atoms with van der Waals surface area (Å²) in [5.41, 5.74) is 3.45. The Balaban J connectivity index is 2.40. The molecule has 4 nitrogen and oxygen atoms in total. The summed E-state index contributed by atoms with van der Waals surface area (Å²) in [7, 11) is 4.14. The van der Waals surface area contributed by atoms with Gasteiger partial charge >= 0.3 is 0 Å². The van der Waals surface area contributed by atoms with Gasteiger partial charge in [-0.25, -0.2) is 4.68 Å². The lowest BCUT2D eigenvalue weighted by atomic mass is 10.2. The van der Waals surface area contributed by atoms with E-state index < -0.39 is 0 Å². The Bertz CT molecular complexity index is 543. The summed E-state index contributed by atoms with van der Waals surface area (Å²) < 4.78 is 2.03. The number of nitrogens with zero attached hydrogens (tertiary/aromatic N) is 3. The number of aryl methyl sites for hydroxylation is 1. The van der Waals surface area contributed by atoms with Gasteiger partial charge in [-0.2, -0.15) is 5.10 Å². The molecule has 1 aromatic heterocycles. The number of para-hydroxylation sites is 1. The zero-order valence-corrected chi connectivity index (χ0v) is 12.8. The van der Waals surface area contributed by atoms with Crippen molar-refractivity contribution in [1.82, 2.24) is 15.1 Å². The minimum absolute atomic E-state index is 0.861. The number of hydrogen-bond donors (Lipinski definition) is 1. The van der Waals surface area contributed by atoms with Crippen LogP contribution >= 0.6 is 0 Å². The molecule has 0 aliphatic carbocycles. The van der Waals surface area contributed by atoms with Crippen LogP contribution in [-0.4, -0.2) is 30.4 Å². The molecule has 0 saturated carbocycles. The first-order chi connectivity index (χ1) is 9.65. The van der Waals surface area contributed by atoms with Crippen molar-refractivity contribution >= 4 is 5.82 Å². The first kappa shape index (κ1) is 14.6. The number of aromatic nitrogens is 2.